The quantitative estimate of drug-likeness (QED) is 0.644. The lowest BCUT2D eigenvalue weighted by molar-refractivity contribution is 0.0953. The minimum Gasteiger partial charge on any atom is -0.494 e. The molecule has 146 valence electrons. The predicted molar refractivity (Wildman–Crippen MR) is 108 cm³/mol. The van der Waals surface area contributed by atoms with Crippen molar-refractivity contribution in [2.24, 2.45) is 0 Å². The van der Waals surface area contributed by atoms with Crippen LogP contribution in [0.5, 0.6) is 5.75 Å². The van der Waals surface area contributed by atoms with Gasteiger partial charge < -0.3 is 10.1 Å². The molecule has 0 saturated heterocycles. The van der Waals surface area contributed by atoms with Crippen LogP contribution in [0, 0.1) is 6.92 Å². The van der Waals surface area contributed by atoms with Crippen molar-refractivity contribution in [2.75, 3.05) is 24.1 Å². The van der Waals surface area contributed by atoms with Gasteiger partial charge in [0.2, 0.25) is 10.0 Å². The molecular weight excluding hydrogens is 364 g/mol. The van der Waals surface area contributed by atoms with E-state index in [0.29, 0.717) is 24.4 Å². The number of benzene rings is 2. The average Bonchev–Trinajstić information content (AvgIpc) is 2.61. The second-order valence-corrected chi connectivity index (χ2v) is 8.09. The Morgan fingerprint density at radius 3 is 2.44 bits per heavy atom. The van der Waals surface area contributed by atoms with Gasteiger partial charge in [0, 0.05) is 12.1 Å². The lowest BCUT2D eigenvalue weighted by atomic mass is 10.1. The van der Waals surface area contributed by atoms with Gasteiger partial charge in [-0.25, -0.2) is 8.42 Å². The SMILES string of the molecule is CCOc1ccc(CCCNC(=O)c2ccc(C)c(NS(C)(=O)=O)c2)cc1. The summed E-state index contributed by atoms with van der Waals surface area (Å²) in [7, 11) is -3.39. The van der Waals surface area contributed by atoms with Crippen LogP contribution < -0.4 is 14.8 Å². The highest BCUT2D eigenvalue weighted by molar-refractivity contribution is 7.92. The van der Waals surface area contributed by atoms with Gasteiger partial charge in [-0.3, -0.25) is 9.52 Å². The second kappa shape index (κ2) is 9.41. The molecule has 2 aromatic rings. The Balaban J connectivity index is 1.86. The highest BCUT2D eigenvalue weighted by Crippen LogP contribution is 2.18. The average molecular weight is 391 g/mol. The lowest BCUT2D eigenvalue weighted by Gasteiger charge is -2.11. The summed E-state index contributed by atoms with van der Waals surface area (Å²) in [6, 6.07) is 12.9. The van der Waals surface area contributed by atoms with E-state index in [1.807, 2.05) is 31.2 Å². The maximum atomic E-state index is 12.3. The van der Waals surface area contributed by atoms with Crippen LogP contribution in [0.15, 0.2) is 42.5 Å². The van der Waals surface area contributed by atoms with Gasteiger partial charge in [-0.2, -0.15) is 0 Å². The maximum Gasteiger partial charge on any atom is 0.251 e. The van der Waals surface area contributed by atoms with Crippen molar-refractivity contribution < 1.29 is 17.9 Å². The Bertz CT molecular complexity index is 877. The summed E-state index contributed by atoms with van der Waals surface area (Å²) in [5.41, 5.74) is 2.78. The molecule has 0 aliphatic heterocycles. The van der Waals surface area contributed by atoms with Gasteiger partial charge >= 0.3 is 0 Å². The van der Waals surface area contributed by atoms with Gasteiger partial charge in [0.15, 0.2) is 0 Å². The summed E-state index contributed by atoms with van der Waals surface area (Å²) in [5, 5.41) is 2.87. The van der Waals surface area contributed by atoms with Crippen LogP contribution in [0.3, 0.4) is 0 Å². The van der Waals surface area contributed by atoms with Crippen molar-refractivity contribution >= 4 is 21.6 Å². The van der Waals surface area contributed by atoms with Crippen molar-refractivity contribution in [1.29, 1.82) is 0 Å². The molecule has 0 saturated carbocycles. The van der Waals surface area contributed by atoms with Gasteiger partial charge in [0.05, 0.1) is 18.6 Å². The first-order chi connectivity index (χ1) is 12.8. The molecule has 7 heteroatoms. The number of anilines is 1. The Kier molecular flexibility index (Phi) is 7.24. The van der Waals surface area contributed by atoms with Gasteiger partial charge in [0.25, 0.3) is 5.91 Å². The van der Waals surface area contributed by atoms with Gasteiger partial charge in [0.1, 0.15) is 5.75 Å². The van der Waals surface area contributed by atoms with Gasteiger partial charge in [-0.05, 0) is 62.1 Å². The van der Waals surface area contributed by atoms with E-state index in [1.165, 1.54) is 5.56 Å². The number of hydrogen-bond acceptors (Lipinski definition) is 4. The van der Waals surface area contributed by atoms with E-state index in [9.17, 15) is 13.2 Å². The van der Waals surface area contributed by atoms with Crippen molar-refractivity contribution in [3.63, 3.8) is 0 Å². The number of nitrogens with one attached hydrogen (secondary N) is 2. The van der Waals surface area contributed by atoms with Crippen molar-refractivity contribution in [3.8, 4) is 5.75 Å². The third-order valence-corrected chi connectivity index (χ3v) is 4.55. The molecule has 0 heterocycles. The standard InChI is InChI=1S/C20H26N2O4S/c1-4-26-18-11-8-16(9-12-18)6-5-13-21-20(23)17-10-7-15(2)19(14-17)22-27(3,24)25/h7-12,14,22H,4-6,13H2,1-3H3,(H,21,23). The molecule has 0 fully saturated rings. The smallest absolute Gasteiger partial charge is 0.251 e. The zero-order chi connectivity index (χ0) is 19.9. The van der Waals surface area contributed by atoms with Crippen molar-refractivity contribution in [1.82, 2.24) is 5.32 Å². The molecule has 0 aliphatic carbocycles. The molecule has 0 spiro atoms. The summed E-state index contributed by atoms with van der Waals surface area (Å²) < 4.78 is 30.7. The van der Waals surface area contributed by atoms with Crippen molar-refractivity contribution in [2.45, 2.75) is 26.7 Å². The van der Waals surface area contributed by atoms with Crippen LogP contribution in [-0.4, -0.2) is 33.7 Å². The van der Waals surface area contributed by atoms with E-state index < -0.39 is 10.0 Å². The summed E-state index contributed by atoms with van der Waals surface area (Å²) in [4.78, 5) is 12.3. The van der Waals surface area contributed by atoms with Crippen LogP contribution in [0.25, 0.3) is 0 Å². The Labute approximate surface area is 161 Å². The van der Waals surface area contributed by atoms with Crippen LogP contribution in [0.4, 0.5) is 5.69 Å². The molecule has 0 radical (unpaired) electrons. The molecular formula is C20H26N2O4S. The molecule has 0 aliphatic rings. The zero-order valence-electron chi connectivity index (χ0n) is 15.9. The number of rotatable bonds is 9. The minimum atomic E-state index is -3.39. The van der Waals surface area contributed by atoms with Gasteiger partial charge in [-0.1, -0.05) is 18.2 Å². The first kappa shape index (κ1) is 20.8. The van der Waals surface area contributed by atoms with Crippen LogP contribution >= 0.6 is 0 Å². The van der Waals surface area contributed by atoms with E-state index in [2.05, 4.69) is 10.0 Å². The summed E-state index contributed by atoms with van der Waals surface area (Å²) in [5.74, 6) is 0.630. The number of carbonyl (C=O) groups excluding carboxylic acids is 1. The highest BCUT2D eigenvalue weighted by atomic mass is 32.2. The third kappa shape index (κ3) is 6.94. The first-order valence-electron chi connectivity index (χ1n) is 8.87. The summed E-state index contributed by atoms with van der Waals surface area (Å²) in [6.45, 7) is 4.91. The van der Waals surface area contributed by atoms with E-state index in [-0.39, 0.29) is 5.91 Å². The number of amides is 1. The summed E-state index contributed by atoms with van der Waals surface area (Å²) in [6.07, 6.45) is 2.74. The Morgan fingerprint density at radius 2 is 1.81 bits per heavy atom. The fourth-order valence-corrected chi connectivity index (χ4v) is 3.21. The molecule has 2 aromatic carbocycles. The number of carbonyl (C=O) groups is 1. The van der Waals surface area contributed by atoms with E-state index in [0.717, 1.165) is 30.4 Å². The fourth-order valence-electron chi connectivity index (χ4n) is 2.59. The molecule has 0 atom stereocenters. The van der Waals surface area contributed by atoms with Gasteiger partial charge in [-0.15, -0.1) is 0 Å². The predicted octanol–water partition coefficient (Wildman–Crippen LogP) is 3.13. The molecule has 6 nitrogen and oxygen atoms in total. The number of hydrogen-bond donors (Lipinski definition) is 2. The maximum absolute atomic E-state index is 12.3. The Hall–Kier alpha value is -2.54. The zero-order valence-corrected chi connectivity index (χ0v) is 16.7. The number of aryl methyl sites for hydroxylation is 2. The molecule has 0 aromatic heterocycles. The lowest BCUT2D eigenvalue weighted by Crippen LogP contribution is -2.25. The molecule has 0 unspecified atom stereocenters. The van der Waals surface area contributed by atoms with E-state index in [4.69, 9.17) is 4.74 Å². The second-order valence-electron chi connectivity index (χ2n) is 6.34. The van der Waals surface area contributed by atoms with Crippen LogP contribution in [-0.2, 0) is 16.4 Å². The first-order valence-corrected chi connectivity index (χ1v) is 10.8. The third-order valence-electron chi connectivity index (χ3n) is 3.96. The molecule has 0 bridgehead atoms. The van der Waals surface area contributed by atoms with Crippen molar-refractivity contribution in [3.05, 3.63) is 59.2 Å². The normalized spacial score (nSPS) is 11.1. The number of sulfonamides is 1. The summed E-state index contributed by atoms with van der Waals surface area (Å²) >= 11 is 0. The molecule has 27 heavy (non-hydrogen) atoms. The molecule has 2 N–H and O–H groups in total. The minimum absolute atomic E-state index is 0.224. The number of ether oxygens (including phenoxy) is 1. The monoisotopic (exact) mass is 390 g/mol. The molecule has 1 amide bonds. The largest absolute Gasteiger partial charge is 0.494 e. The van der Waals surface area contributed by atoms with Crippen LogP contribution in [0.2, 0.25) is 0 Å². The Morgan fingerprint density at radius 1 is 1.11 bits per heavy atom. The molecule has 2 rings (SSSR count). The fraction of sp³-hybridized carbons (Fsp3) is 0.350. The topological polar surface area (TPSA) is 84.5 Å². The highest BCUT2D eigenvalue weighted by Gasteiger charge is 2.10. The van der Waals surface area contributed by atoms with E-state index >= 15 is 0 Å². The van der Waals surface area contributed by atoms with Crippen LogP contribution in [0.1, 0.15) is 34.8 Å². The van der Waals surface area contributed by atoms with E-state index in [1.54, 1.807) is 25.1 Å².